The number of benzene rings is 9. The predicted molar refractivity (Wildman–Crippen MR) is 252 cm³/mol. The molecule has 0 atom stereocenters. The maximum atomic E-state index is 7.18. The van der Waals surface area contributed by atoms with Gasteiger partial charge < -0.3 is 9.32 Å². The van der Waals surface area contributed by atoms with Gasteiger partial charge >= 0.3 is 0 Å². The average molecular weight is 770 g/mol. The van der Waals surface area contributed by atoms with Gasteiger partial charge in [0.05, 0.1) is 16.8 Å². The van der Waals surface area contributed by atoms with Gasteiger partial charge in [0, 0.05) is 33.0 Å². The normalized spacial score (nSPS) is 14.3. The lowest BCUT2D eigenvalue weighted by Crippen LogP contribution is -2.17. The van der Waals surface area contributed by atoms with Crippen molar-refractivity contribution < 1.29 is 4.42 Å². The van der Waals surface area contributed by atoms with E-state index in [0.717, 1.165) is 44.6 Å². The minimum Gasteiger partial charge on any atom is -0.455 e. The van der Waals surface area contributed by atoms with Crippen molar-refractivity contribution in [2.45, 2.75) is 38.5 Å². The summed E-state index contributed by atoms with van der Waals surface area (Å²) >= 11 is 0. The molecule has 0 spiro atoms. The largest absolute Gasteiger partial charge is 0.455 e. The van der Waals surface area contributed by atoms with Crippen LogP contribution in [0, 0.1) is 0 Å². The molecule has 0 amide bonds. The first kappa shape index (κ1) is 34.8. The molecule has 2 nitrogen and oxygen atoms in total. The van der Waals surface area contributed by atoms with Crippen molar-refractivity contribution in [3.05, 3.63) is 210 Å². The number of hydrogen-bond donors (Lipinski definition) is 0. The molecule has 0 radical (unpaired) electrons. The molecule has 0 fully saturated rings. The molecule has 0 unspecified atom stereocenters. The highest BCUT2D eigenvalue weighted by atomic mass is 16.3. The molecule has 12 rings (SSSR count). The summed E-state index contributed by atoms with van der Waals surface area (Å²) in [6.45, 7) is 9.43. The Balaban J connectivity index is 1.14. The van der Waals surface area contributed by atoms with Gasteiger partial charge in [0.25, 0.3) is 0 Å². The van der Waals surface area contributed by atoms with E-state index in [0.29, 0.717) is 0 Å². The second-order valence-corrected chi connectivity index (χ2v) is 17.7. The van der Waals surface area contributed by atoms with Gasteiger partial charge in [-0.3, -0.25) is 0 Å². The van der Waals surface area contributed by atoms with Gasteiger partial charge in [-0.2, -0.15) is 0 Å². The van der Waals surface area contributed by atoms with Crippen LogP contribution in [0.15, 0.2) is 192 Å². The summed E-state index contributed by atoms with van der Waals surface area (Å²) in [6, 6.07) is 69.2. The summed E-state index contributed by atoms with van der Waals surface area (Å²) in [5.41, 5.74) is 20.1. The first-order chi connectivity index (χ1) is 29.3. The molecule has 9 aromatic carbocycles. The SMILES string of the molecule is CC1(C)c2ccccc2-c2ccc(-c3c4ccccc4cc4c3oc3cccc(N(c5ccc6c(c5)C(C)(C)c5ccccc5-6)c5ccccc5-c5ccccc5)c34)cc21. The molecule has 2 aliphatic carbocycles. The zero-order valence-corrected chi connectivity index (χ0v) is 34.3. The van der Waals surface area contributed by atoms with Crippen LogP contribution in [-0.2, 0) is 10.8 Å². The van der Waals surface area contributed by atoms with Gasteiger partial charge in [0.15, 0.2) is 0 Å². The smallest absolute Gasteiger partial charge is 0.143 e. The first-order valence-corrected chi connectivity index (χ1v) is 21.1. The maximum Gasteiger partial charge on any atom is 0.143 e. The molecular formula is C58H43NO. The van der Waals surface area contributed by atoms with Crippen molar-refractivity contribution in [3.8, 4) is 44.5 Å². The summed E-state index contributed by atoms with van der Waals surface area (Å²) in [5, 5.41) is 4.58. The van der Waals surface area contributed by atoms with Crippen molar-refractivity contribution in [2.75, 3.05) is 4.90 Å². The third kappa shape index (κ3) is 4.88. The highest BCUT2D eigenvalue weighted by Gasteiger charge is 2.37. The third-order valence-electron chi connectivity index (χ3n) is 13.7. The Labute approximate surface area is 351 Å². The summed E-state index contributed by atoms with van der Waals surface area (Å²) < 4.78 is 7.18. The second kappa shape index (κ2) is 12.7. The van der Waals surface area contributed by atoms with E-state index in [1.165, 1.54) is 72.0 Å². The van der Waals surface area contributed by atoms with Crippen molar-refractivity contribution >= 4 is 49.8 Å². The molecule has 1 heterocycles. The fourth-order valence-electron chi connectivity index (χ4n) is 10.7. The monoisotopic (exact) mass is 769 g/mol. The number of nitrogens with zero attached hydrogens (tertiary/aromatic N) is 1. The van der Waals surface area contributed by atoms with Crippen molar-refractivity contribution in [1.29, 1.82) is 0 Å². The summed E-state index contributed by atoms with van der Waals surface area (Å²) in [5.74, 6) is 0. The van der Waals surface area contributed by atoms with Gasteiger partial charge in [-0.25, -0.2) is 0 Å². The zero-order valence-electron chi connectivity index (χ0n) is 34.3. The van der Waals surface area contributed by atoms with Crippen LogP contribution in [0.2, 0.25) is 0 Å². The number of hydrogen-bond acceptors (Lipinski definition) is 2. The Morgan fingerprint density at radius 2 is 0.983 bits per heavy atom. The van der Waals surface area contributed by atoms with E-state index in [-0.39, 0.29) is 10.8 Å². The van der Waals surface area contributed by atoms with Crippen molar-refractivity contribution in [1.82, 2.24) is 0 Å². The van der Waals surface area contributed by atoms with Crippen LogP contribution in [0.3, 0.4) is 0 Å². The molecule has 0 saturated carbocycles. The lowest BCUT2D eigenvalue weighted by atomic mass is 9.81. The van der Waals surface area contributed by atoms with Gasteiger partial charge in [0.2, 0.25) is 0 Å². The lowest BCUT2D eigenvalue weighted by Gasteiger charge is -2.30. The predicted octanol–water partition coefficient (Wildman–Crippen LogP) is 16.2. The molecule has 0 N–H and O–H groups in total. The number of rotatable bonds is 5. The van der Waals surface area contributed by atoms with E-state index in [1.807, 2.05) is 0 Å². The standard InChI is InChI=1S/C58H43NO/c1-57(2)47-24-13-10-22-42(47)44-31-29-38(34-49(44)57)54-41-21-9-8-19-37(41)33-46-55-52(27-16-28-53(55)60-56(46)54)59(51-26-15-12-20-40(51)36-17-6-5-7-18-36)39-30-32-45-43-23-11-14-25-48(43)58(3,4)50(45)35-39/h5-35H,1-4H3. The Morgan fingerprint density at radius 1 is 0.400 bits per heavy atom. The molecule has 2 aliphatic rings. The minimum absolute atomic E-state index is 0.120. The van der Waals surface area contributed by atoms with Crippen LogP contribution in [0.1, 0.15) is 49.9 Å². The number of para-hydroxylation sites is 1. The Kier molecular flexibility index (Phi) is 7.36. The van der Waals surface area contributed by atoms with Crippen LogP contribution in [0.4, 0.5) is 17.1 Å². The number of anilines is 3. The molecule has 60 heavy (non-hydrogen) atoms. The molecule has 0 bridgehead atoms. The Morgan fingerprint density at radius 3 is 1.73 bits per heavy atom. The van der Waals surface area contributed by atoms with E-state index in [4.69, 9.17) is 4.42 Å². The fourth-order valence-corrected chi connectivity index (χ4v) is 10.7. The summed E-state index contributed by atoms with van der Waals surface area (Å²) in [6.07, 6.45) is 0. The highest BCUT2D eigenvalue weighted by molar-refractivity contribution is 6.22. The number of fused-ring (bicyclic) bond motifs is 10. The van der Waals surface area contributed by atoms with Crippen molar-refractivity contribution in [3.63, 3.8) is 0 Å². The maximum absolute atomic E-state index is 7.18. The van der Waals surface area contributed by atoms with Crippen LogP contribution < -0.4 is 4.90 Å². The van der Waals surface area contributed by atoms with E-state index in [9.17, 15) is 0 Å². The first-order valence-electron chi connectivity index (χ1n) is 21.1. The van der Waals surface area contributed by atoms with Gasteiger partial charge in [0.1, 0.15) is 11.2 Å². The third-order valence-corrected chi connectivity index (χ3v) is 13.7. The molecule has 0 saturated heterocycles. The zero-order chi connectivity index (χ0) is 40.3. The topological polar surface area (TPSA) is 16.4 Å². The van der Waals surface area contributed by atoms with Gasteiger partial charge in [-0.1, -0.05) is 173 Å². The van der Waals surface area contributed by atoms with E-state index < -0.39 is 0 Å². The Hall–Kier alpha value is -7.16. The molecule has 1 aromatic heterocycles. The fraction of sp³-hybridized carbons (Fsp3) is 0.103. The second-order valence-electron chi connectivity index (χ2n) is 17.7. The molecule has 286 valence electrons. The number of furan rings is 1. The van der Waals surface area contributed by atoms with Crippen molar-refractivity contribution in [2.24, 2.45) is 0 Å². The van der Waals surface area contributed by atoms with Crippen LogP contribution in [0.25, 0.3) is 77.2 Å². The summed E-state index contributed by atoms with van der Waals surface area (Å²) in [7, 11) is 0. The van der Waals surface area contributed by atoms with Crippen LogP contribution >= 0.6 is 0 Å². The van der Waals surface area contributed by atoms with E-state index >= 15 is 0 Å². The molecule has 0 aliphatic heterocycles. The van der Waals surface area contributed by atoms with E-state index in [1.54, 1.807) is 0 Å². The molecule has 2 heteroatoms. The van der Waals surface area contributed by atoms with Gasteiger partial charge in [-0.15, -0.1) is 0 Å². The summed E-state index contributed by atoms with van der Waals surface area (Å²) in [4.78, 5) is 2.48. The quantitative estimate of drug-likeness (QED) is 0.173. The highest BCUT2D eigenvalue weighted by Crippen LogP contribution is 2.54. The minimum atomic E-state index is -0.152. The lowest BCUT2D eigenvalue weighted by molar-refractivity contribution is 0.660. The van der Waals surface area contributed by atoms with Crippen LogP contribution in [-0.4, -0.2) is 0 Å². The van der Waals surface area contributed by atoms with Gasteiger partial charge in [-0.05, 0) is 109 Å². The van der Waals surface area contributed by atoms with Crippen LogP contribution in [0.5, 0.6) is 0 Å². The molecule has 10 aromatic rings. The molecular weight excluding hydrogens is 727 g/mol. The van der Waals surface area contributed by atoms with E-state index in [2.05, 4.69) is 221 Å². The average Bonchev–Trinajstić information content (AvgIpc) is 3.85. The Bertz CT molecular complexity index is 3380.